The number of hydrogen-bond acceptors (Lipinski definition) is 4. The molecule has 152 valence electrons. The Morgan fingerprint density at radius 1 is 1.04 bits per heavy atom. The smallest absolute Gasteiger partial charge is 0.239 e. The zero-order valence-electron chi connectivity index (χ0n) is 16.7. The minimum atomic E-state index is -0.0296. The number of amides is 2. The van der Waals surface area contributed by atoms with E-state index in [1.54, 1.807) is 4.90 Å². The van der Waals surface area contributed by atoms with Gasteiger partial charge in [-0.25, -0.2) is 0 Å². The first-order valence-corrected chi connectivity index (χ1v) is 10.7. The van der Waals surface area contributed by atoms with Gasteiger partial charge >= 0.3 is 0 Å². The number of rotatable bonds is 4. The number of likely N-dealkylation sites (tertiary alicyclic amines) is 2. The van der Waals surface area contributed by atoms with Crippen LogP contribution in [-0.4, -0.2) is 78.4 Å². The lowest BCUT2D eigenvalue weighted by molar-refractivity contribution is -0.143. The van der Waals surface area contributed by atoms with Crippen molar-refractivity contribution in [3.63, 3.8) is 0 Å². The number of nitrogens with one attached hydrogen (secondary N) is 1. The Morgan fingerprint density at radius 2 is 1.82 bits per heavy atom. The molecule has 0 bridgehead atoms. The van der Waals surface area contributed by atoms with E-state index in [0.717, 1.165) is 45.6 Å². The zero-order chi connectivity index (χ0) is 19.3. The molecule has 4 rings (SSSR count). The summed E-state index contributed by atoms with van der Waals surface area (Å²) in [4.78, 5) is 31.4. The summed E-state index contributed by atoms with van der Waals surface area (Å²) in [5.41, 5.74) is 1.38. The van der Waals surface area contributed by atoms with Gasteiger partial charge in [0.1, 0.15) is 0 Å². The summed E-state index contributed by atoms with van der Waals surface area (Å²) in [6.07, 6.45) is 4.40. The maximum absolute atomic E-state index is 12.9. The minimum Gasteiger partial charge on any atom is -0.353 e. The Hall–Kier alpha value is -1.92. The van der Waals surface area contributed by atoms with Gasteiger partial charge in [-0.05, 0) is 50.9 Å². The van der Waals surface area contributed by atoms with Crippen molar-refractivity contribution < 1.29 is 9.59 Å². The molecule has 28 heavy (non-hydrogen) atoms. The van der Waals surface area contributed by atoms with Crippen molar-refractivity contribution in [3.05, 3.63) is 35.9 Å². The predicted molar refractivity (Wildman–Crippen MR) is 109 cm³/mol. The summed E-state index contributed by atoms with van der Waals surface area (Å²) in [5.74, 6) is 0.209. The van der Waals surface area contributed by atoms with Gasteiger partial charge in [0.15, 0.2) is 0 Å². The van der Waals surface area contributed by atoms with Crippen LogP contribution in [0, 0.1) is 5.92 Å². The second-order valence-corrected chi connectivity index (χ2v) is 8.44. The van der Waals surface area contributed by atoms with Crippen LogP contribution in [0.5, 0.6) is 0 Å². The number of carbonyl (C=O) groups excluding carboxylic acids is 2. The summed E-state index contributed by atoms with van der Waals surface area (Å²) in [7, 11) is 0. The average Bonchev–Trinajstić information content (AvgIpc) is 2.75. The van der Waals surface area contributed by atoms with Crippen LogP contribution in [0.3, 0.4) is 0 Å². The first kappa shape index (κ1) is 19.4. The quantitative estimate of drug-likeness (QED) is 0.851. The highest BCUT2D eigenvalue weighted by Gasteiger charge is 2.34. The highest BCUT2D eigenvalue weighted by Crippen LogP contribution is 2.25. The number of piperidine rings is 2. The van der Waals surface area contributed by atoms with Crippen LogP contribution in [0.4, 0.5) is 0 Å². The number of carbonyl (C=O) groups is 2. The van der Waals surface area contributed by atoms with E-state index in [9.17, 15) is 9.59 Å². The molecule has 3 aliphatic rings. The Labute approximate surface area is 167 Å². The fourth-order valence-corrected chi connectivity index (χ4v) is 4.91. The molecular weight excluding hydrogens is 352 g/mol. The van der Waals surface area contributed by atoms with Gasteiger partial charge in [0.05, 0.1) is 12.5 Å². The summed E-state index contributed by atoms with van der Waals surface area (Å²) in [6.45, 7) is 6.72. The second kappa shape index (κ2) is 9.05. The topological polar surface area (TPSA) is 55.9 Å². The van der Waals surface area contributed by atoms with Crippen molar-refractivity contribution >= 4 is 11.8 Å². The van der Waals surface area contributed by atoms with E-state index in [2.05, 4.69) is 45.4 Å². The number of piperazine rings is 1. The van der Waals surface area contributed by atoms with Gasteiger partial charge in [-0.1, -0.05) is 30.3 Å². The maximum Gasteiger partial charge on any atom is 0.239 e. The summed E-state index contributed by atoms with van der Waals surface area (Å²) >= 11 is 0. The molecule has 0 unspecified atom stereocenters. The third kappa shape index (κ3) is 4.73. The van der Waals surface area contributed by atoms with Gasteiger partial charge < -0.3 is 10.2 Å². The van der Waals surface area contributed by atoms with Crippen molar-refractivity contribution in [2.75, 3.05) is 45.8 Å². The van der Waals surface area contributed by atoms with E-state index in [1.807, 2.05) is 0 Å². The van der Waals surface area contributed by atoms with Gasteiger partial charge in [0, 0.05) is 32.2 Å². The van der Waals surface area contributed by atoms with Gasteiger partial charge in [0.2, 0.25) is 11.8 Å². The van der Waals surface area contributed by atoms with Gasteiger partial charge in [-0.15, -0.1) is 0 Å². The lowest BCUT2D eigenvalue weighted by atomic mass is 9.92. The Kier molecular flexibility index (Phi) is 6.27. The minimum absolute atomic E-state index is 0.0296. The van der Waals surface area contributed by atoms with Crippen molar-refractivity contribution in [2.45, 2.75) is 38.3 Å². The molecule has 3 saturated heterocycles. The number of hydrogen-bond donors (Lipinski definition) is 1. The molecule has 3 heterocycles. The highest BCUT2D eigenvalue weighted by molar-refractivity contribution is 5.87. The van der Waals surface area contributed by atoms with E-state index in [1.165, 1.54) is 18.4 Å². The van der Waals surface area contributed by atoms with E-state index < -0.39 is 0 Å². The van der Waals surface area contributed by atoms with Crippen molar-refractivity contribution in [1.29, 1.82) is 0 Å². The predicted octanol–water partition coefficient (Wildman–Crippen LogP) is 1.32. The molecular formula is C22H32N4O2. The molecule has 1 aromatic rings. The molecule has 2 amide bonds. The third-order valence-electron chi connectivity index (χ3n) is 6.47. The summed E-state index contributed by atoms with van der Waals surface area (Å²) < 4.78 is 0. The molecule has 3 aliphatic heterocycles. The molecule has 0 radical (unpaired) electrons. The highest BCUT2D eigenvalue weighted by atomic mass is 16.2. The van der Waals surface area contributed by atoms with Crippen molar-refractivity contribution in [3.8, 4) is 0 Å². The molecule has 6 heteroatoms. The van der Waals surface area contributed by atoms with Crippen LogP contribution in [0.1, 0.15) is 31.2 Å². The van der Waals surface area contributed by atoms with Crippen molar-refractivity contribution in [2.24, 2.45) is 5.92 Å². The summed E-state index contributed by atoms with van der Waals surface area (Å²) in [6, 6.07) is 11.3. The van der Waals surface area contributed by atoms with Gasteiger partial charge in [-0.3, -0.25) is 19.4 Å². The van der Waals surface area contributed by atoms with Crippen LogP contribution in [0.25, 0.3) is 0 Å². The molecule has 0 saturated carbocycles. The lowest BCUT2D eigenvalue weighted by Gasteiger charge is -2.43. The standard InChI is InChI=1S/C22H32N4O2/c27-21-17-26(14-10-23-21)22(28)19-7-4-11-25(16-19)20-8-12-24(13-9-20)15-18-5-2-1-3-6-18/h1-3,5-6,19-20H,4,7-17H2,(H,23,27)/t19-/m1/s1. The maximum atomic E-state index is 12.9. The Balaban J connectivity index is 1.27. The van der Waals surface area contributed by atoms with Crippen LogP contribution < -0.4 is 5.32 Å². The van der Waals surface area contributed by atoms with Gasteiger partial charge in [0.25, 0.3) is 0 Å². The van der Waals surface area contributed by atoms with Crippen molar-refractivity contribution in [1.82, 2.24) is 20.0 Å². The number of benzene rings is 1. The average molecular weight is 385 g/mol. The molecule has 1 N–H and O–H groups in total. The second-order valence-electron chi connectivity index (χ2n) is 8.44. The third-order valence-corrected chi connectivity index (χ3v) is 6.47. The van der Waals surface area contributed by atoms with Crippen LogP contribution in [0.2, 0.25) is 0 Å². The zero-order valence-corrected chi connectivity index (χ0v) is 16.7. The van der Waals surface area contributed by atoms with Crippen LogP contribution in [-0.2, 0) is 16.1 Å². The van der Waals surface area contributed by atoms with E-state index in [0.29, 0.717) is 19.1 Å². The molecule has 1 aromatic carbocycles. The largest absolute Gasteiger partial charge is 0.353 e. The van der Waals surface area contributed by atoms with E-state index >= 15 is 0 Å². The first-order chi connectivity index (χ1) is 13.7. The fraction of sp³-hybridized carbons (Fsp3) is 0.636. The van der Waals surface area contributed by atoms with Gasteiger partial charge in [-0.2, -0.15) is 0 Å². The Morgan fingerprint density at radius 3 is 2.57 bits per heavy atom. The fourth-order valence-electron chi connectivity index (χ4n) is 4.91. The van der Waals surface area contributed by atoms with E-state index in [-0.39, 0.29) is 24.3 Å². The molecule has 6 nitrogen and oxygen atoms in total. The van der Waals surface area contributed by atoms with E-state index in [4.69, 9.17) is 0 Å². The molecule has 1 atom stereocenters. The normalized spacial score (nSPS) is 25.5. The molecule has 0 aromatic heterocycles. The Bertz CT molecular complexity index is 672. The first-order valence-electron chi connectivity index (χ1n) is 10.7. The molecule has 3 fully saturated rings. The molecule has 0 aliphatic carbocycles. The van der Waals surface area contributed by atoms with Crippen LogP contribution in [0.15, 0.2) is 30.3 Å². The van der Waals surface area contributed by atoms with Crippen LogP contribution >= 0.6 is 0 Å². The summed E-state index contributed by atoms with van der Waals surface area (Å²) in [5, 5.41) is 2.80. The number of nitrogens with zero attached hydrogens (tertiary/aromatic N) is 3. The molecule has 0 spiro atoms. The monoisotopic (exact) mass is 384 g/mol. The SMILES string of the molecule is O=C1CN(C(=O)[C@@H]2CCCN(C3CCN(Cc4ccccc4)CC3)C2)CCN1. The lowest BCUT2D eigenvalue weighted by Crippen LogP contribution is -2.55.